The molecule has 3 aromatic carbocycles. The molecule has 0 radical (unpaired) electrons. The van der Waals surface area contributed by atoms with Crippen LogP contribution in [0.5, 0.6) is 11.5 Å². The highest BCUT2D eigenvalue weighted by molar-refractivity contribution is 7.88. The number of hydrogen-bond donors (Lipinski definition) is 3. The van der Waals surface area contributed by atoms with Crippen LogP contribution in [0.2, 0.25) is 10.0 Å². The first-order valence-corrected chi connectivity index (χ1v) is 18.7. The number of carbonyl (C=O) groups excluding carboxylic acids is 1. The summed E-state index contributed by atoms with van der Waals surface area (Å²) in [5.74, 6) is -1.55. The number of rotatable bonds is 11. The van der Waals surface area contributed by atoms with Crippen molar-refractivity contribution in [3.05, 3.63) is 92.2 Å². The van der Waals surface area contributed by atoms with Crippen LogP contribution in [0.1, 0.15) is 64.1 Å². The van der Waals surface area contributed by atoms with E-state index in [1.54, 1.807) is 23.9 Å². The van der Waals surface area contributed by atoms with Gasteiger partial charge in [-0.15, -0.1) is 4.31 Å². The molecule has 0 bridgehead atoms. The number of aliphatic carboxylic acids is 1. The monoisotopic (exact) mass is 755 g/mol. The van der Waals surface area contributed by atoms with Gasteiger partial charge in [-0.05, 0) is 48.4 Å². The molecule has 2 heterocycles. The molecule has 1 saturated carbocycles. The number of nitrogens with zero attached hydrogens (tertiary/aromatic N) is 3. The molecule has 1 aromatic heterocycles. The Morgan fingerprint density at radius 1 is 1.14 bits per heavy atom. The number of carboxylic acid groups (broad SMARTS) is 1. The topological polar surface area (TPSA) is 141 Å². The van der Waals surface area contributed by atoms with Gasteiger partial charge < -0.3 is 29.0 Å². The molecule has 3 N–H and O–H groups in total. The lowest BCUT2D eigenvalue weighted by Crippen LogP contribution is -2.38. The predicted molar refractivity (Wildman–Crippen MR) is 192 cm³/mol. The second kappa shape index (κ2) is 13.9. The number of ether oxygens (including phenoxy) is 2. The molecule has 0 saturated heterocycles. The molecule has 11 nitrogen and oxygen atoms in total. The fraction of sp³-hybridized carbons (Fsp3) is 0.361. The van der Waals surface area contributed by atoms with Crippen LogP contribution in [0.4, 0.5) is 10.1 Å². The minimum absolute atomic E-state index is 0.0676. The van der Waals surface area contributed by atoms with Crippen molar-refractivity contribution in [3.8, 4) is 22.6 Å². The largest absolute Gasteiger partial charge is 0.598 e. The molecule has 3 aliphatic rings. The van der Waals surface area contributed by atoms with Gasteiger partial charge in [0.1, 0.15) is 34.4 Å². The SMILES string of the molecule is COc1cc(OC2CCc3c(-c4cccc(NC(=O)c5nc6c(n5C)CCN([S+](C)[O-])C6)c4Cl)cccc32)c(Cl)c(F)c1CNC1(C(=O)O)CC1. The summed E-state index contributed by atoms with van der Waals surface area (Å²) in [7, 11) is 3.21. The molecule has 268 valence electrons. The van der Waals surface area contributed by atoms with Crippen molar-refractivity contribution >= 4 is 52.1 Å². The Kier molecular flexibility index (Phi) is 9.72. The van der Waals surface area contributed by atoms with E-state index in [0.717, 1.165) is 33.6 Å². The molecule has 1 amide bonds. The zero-order valence-corrected chi connectivity index (χ0v) is 30.5. The number of amides is 1. The van der Waals surface area contributed by atoms with Gasteiger partial charge in [-0.3, -0.25) is 14.9 Å². The summed E-state index contributed by atoms with van der Waals surface area (Å²) >= 11 is 12.3. The number of imidazole rings is 1. The van der Waals surface area contributed by atoms with Crippen molar-refractivity contribution < 1.29 is 33.1 Å². The maximum atomic E-state index is 15.6. The maximum Gasteiger partial charge on any atom is 0.323 e. The molecule has 4 aromatic rings. The molecule has 15 heteroatoms. The fourth-order valence-electron chi connectivity index (χ4n) is 6.99. The van der Waals surface area contributed by atoms with Gasteiger partial charge in [-0.25, -0.2) is 9.37 Å². The van der Waals surface area contributed by atoms with Gasteiger partial charge in [-0.1, -0.05) is 53.5 Å². The van der Waals surface area contributed by atoms with Gasteiger partial charge in [0.15, 0.2) is 11.6 Å². The summed E-state index contributed by atoms with van der Waals surface area (Å²) in [6.07, 6.45) is 4.00. The van der Waals surface area contributed by atoms with E-state index < -0.39 is 40.7 Å². The number of halogens is 3. The lowest BCUT2D eigenvalue weighted by Gasteiger charge is -2.25. The Balaban J connectivity index is 1.11. The summed E-state index contributed by atoms with van der Waals surface area (Å²) in [5, 5.41) is 15.5. The number of fused-ring (bicyclic) bond motifs is 2. The second-order valence-corrected chi connectivity index (χ2v) is 15.1. The van der Waals surface area contributed by atoms with Crippen LogP contribution >= 0.6 is 23.2 Å². The zero-order valence-electron chi connectivity index (χ0n) is 28.1. The van der Waals surface area contributed by atoms with E-state index in [4.69, 9.17) is 32.7 Å². The summed E-state index contributed by atoms with van der Waals surface area (Å²) < 4.78 is 43.0. The van der Waals surface area contributed by atoms with Crippen LogP contribution in [0.25, 0.3) is 11.1 Å². The standard InChI is InChI=1S/C36H36Cl2FN5O6S/c1-43-26-12-15-44(51(3)48)18-25(26)41-33(43)34(45)42-24-9-5-8-22(30(24)37)19-6-4-7-21-20(19)10-11-27(21)50-29-16-28(49-2)23(32(39)31(29)38)17-40-36(13-14-36)35(46)47/h4-9,16,27,40H,10-15,17-18H2,1-3H3,(H,42,45)(H,46,47). The third-order valence-corrected chi connectivity index (χ3v) is 11.8. The molecule has 1 aliphatic heterocycles. The summed E-state index contributed by atoms with van der Waals surface area (Å²) in [6.45, 7) is 0.963. The molecular weight excluding hydrogens is 720 g/mol. The van der Waals surface area contributed by atoms with E-state index in [1.807, 2.05) is 34.6 Å². The predicted octanol–water partition coefficient (Wildman–Crippen LogP) is 6.22. The Morgan fingerprint density at radius 3 is 2.59 bits per heavy atom. The molecule has 7 rings (SSSR count). The summed E-state index contributed by atoms with van der Waals surface area (Å²) in [6, 6.07) is 12.8. The van der Waals surface area contributed by atoms with E-state index in [-0.39, 0.29) is 34.5 Å². The van der Waals surface area contributed by atoms with Crippen molar-refractivity contribution in [2.75, 3.05) is 25.2 Å². The molecule has 0 spiro atoms. The number of carboxylic acids is 1. The van der Waals surface area contributed by atoms with Crippen molar-refractivity contribution in [2.45, 2.75) is 56.8 Å². The molecule has 2 unspecified atom stereocenters. The van der Waals surface area contributed by atoms with Crippen molar-refractivity contribution in [1.29, 1.82) is 0 Å². The van der Waals surface area contributed by atoms with Crippen LogP contribution in [0.3, 0.4) is 0 Å². The average Bonchev–Trinajstić information content (AvgIpc) is 3.70. The number of methoxy groups -OCH3 is 1. The minimum atomic E-state index is -1.13. The van der Waals surface area contributed by atoms with E-state index in [9.17, 15) is 19.2 Å². The number of hydrogen-bond acceptors (Lipinski definition) is 8. The van der Waals surface area contributed by atoms with Crippen molar-refractivity contribution in [3.63, 3.8) is 0 Å². The first kappa shape index (κ1) is 35.5. The summed E-state index contributed by atoms with van der Waals surface area (Å²) in [5.41, 5.74) is 4.69. The van der Waals surface area contributed by atoms with Crippen LogP contribution in [0.15, 0.2) is 42.5 Å². The quantitative estimate of drug-likeness (QED) is 0.152. The number of aromatic nitrogens is 2. The highest BCUT2D eigenvalue weighted by atomic mass is 35.5. The first-order valence-electron chi connectivity index (χ1n) is 16.5. The van der Waals surface area contributed by atoms with E-state index in [2.05, 4.69) is 15.6 Å². The van der Waals surface area contributed by atoms with E-state index in [1.165, 1.54) is 13.2 Å². The van der Waals surface area contributed by atoms with Gasteiger partial charge in [0, 0.05) is 54.3 Å². The van der Waals surface area contributed by atoms with Crippen molar-refractivity contribution in [2.24, 2.45) is 7.05 Å². The lowest BCUT2D eigenvalue weighted by molar-refractivity contribution is -0.140. The Hall–Kier alpha value is -3.85. The first-order chi connectivity index (χ1) is 24.4. The highest BCUT2D eigenvalue weighted by Gasteiger charge is 2.50. The Bertz CT molecular complexity index is 2050. The average molecular weight is 757 g/mol. The second-order valence-electron chi connectivity index (χ2n) is 13.0. The molecule has 2 atom stereocenters. The molecule has 2 aliphatic carbocycles. The molecular formula is C36H36Cl2FN5O6S. The summed E-state index contributed by atoms with van der Waals surface area (Å²) in [4.78, 5) is 29.7. The van der Waals surface area contributed by atoms with Crippen LogP contribution in [0, 0.1) is 5.82 Å². The Morgan fingerprint density at radius 2 is 1.88 bits per heavy atom. The normalized spacial score (nSPS) is 18.1. The van der Waals surface area contributed by atoms with Crippen molar-refractivity contribution in [1.82, 2.24) is 19.2 Å². The highest BCUT2D eigenvalue weighted by Crippen LogP contribution is 2.46. The fourth-order valence-corrected chi connectivity index (χ4v) is 8.13. The number of nitrogens with one attached hydrogen (secondary N) is 2. The van der Waals surface area contributed by atoms with Gasteiger partial charge in [-0.2, -0.15) is 0 Å². The number of anilines is 1. The van der Waals surface area contributed by atoms with Gasteiger partial charge in [0.05, 0.1) is 36.6 Å². The van der Waals surface area contributed by atoms with Crippen LogP contribution in [-0.4, -0.2) is 60.8 Å². The zero-order chi connectivity index (χ0) is 36.2. The van der Waals surface area contributed by atoms with Gasteiger partial charge in [0.2, 0.25) is 0 Å². The minimum Gasteiger partial charge on any atom is -0.598 e. The smallest absolute Gasteiger partial charge is 0.323 e. The van der Waals surface area contributed by atoms with Gasteiger partial charge in [0.25, 0.3) is 5.91 Å². The Labute approximate surface area is 307 Å². The van der Waals surface area contributed by atoms with E-state index in [0.29, 0.717) is 55.9 Å². The maximum absolute atomic E-state index is 15.6. The van der Waals surface area contributed by atoms with Crippen LogP contribution in [-0.2, 0) is 49.1 Å². The lowest BCUT2D eigenvalue weighted by atomic mass is 9.96. The third-order valence-electron chi connectivity index (χ3n) is 10.0. The van der Waals surface area contributed by atoms with E-state index >= 15 is 4.39 Å². The van der Waals surface area contributed by atoms with Crippen LogP contribution < -0.4 is 20.1 Å². The number of carbonyl (C=O) groups is 2. The van der Waals surface area contributed by atoms with Gasteiger partial charge >= 0.3 is 5.97 Å². The molecule has 1 fully saturated rings. The number of benzene rings is 3. The third kappa shape index (κ3) is 6.55. The molecule has 51 heavy (non-hydrogen) atoms.